The number of aliphatic carboxylic acids is 1. The molecule has 19 heavy (non-hydrogen) atoms. The van der Waals surface area contributed by atoms with Gasteiger partial charge in [-0.1, -0.05) is 0 Å². The minimum absolute atomic E-state index is 0.00633. The molecule has 2 N–H and O–H groups in total. The number of carboxylic acid groups (broad SMARTS) is 1. The highest BCUT2D eigenvalue weighted by atomic mass is 16.4. The van der Waals surface area contributed by atoms with Crippen molar-refractivity contribution in [3.8, 4) is 0 Å². The number of imidazole rings is 1. The first kappa shape index (κ1) is 13.6. The number of nitrogens with zero attached hydrogens (tertiary/aromatic N) is 2. The van der Waals surface area contributed by atoms with Crippen molar-refractivity contribution in [3.05, 3.63) is 18.2 Å². The van der Waals surface area contributed by atoms with Gasteiger partial charge in [-0.15, -0.1) is 0 Å². The molecule has 1 aliphatic rings. The molecule has 0 unspecified atom stereocenters. The first-order chi connectivity index (χ1) is 9.08. The molecule has 1 heterocycles. The van der Waals surface area contributed by atoms with Gasteiger partial charge in [0.15, 0.2) is 0 Å². The summed E-state index contributed by atoms with van der Waals surface area (Å²) in [6, 6.07) is 0. The lowest BCUT2D eigenvalue weighted by Gasteiger charge is -2.25. The van der Waals surface area contributed by atoms with Crippen LogP contribution in [0.25, 0.3) is 0 Å². The highest BCUT2D eigenvalue weighted by Gasteiger charge is 2.29. The van der Waals surface area contributed by atoms with Crippen LogP contribution in [0.5, 0.6) is 0 Å². The lowest BCUT2D eigenvalue weighted by molar-refractivity contribution is -0.144. The summed E-state index contributed by atoms with van der Waals surface area (Å²) in [6.07, 6.45) is 6.03. The van der Waals surface area contributed by atoms with Crippen molar-refractivity contribution >= 4 is 11.9 Å². The van der Waals surface area contributed by atoms with Crippen LogP contribution in [-0.2, 0) is 23.2 Å². The van der Waals surface area contributed by atoms with E-state index in [1.54, 1.807) is 6.20 Å². The maximum atomic E-state index is 12.0. The van der Waals surface area contributed by atoms with Gasteiger partial charge in [0.1, 0.15) is 5.82 Å². The van der Waals surface area contributed by atoms with Gasteiger partial charge in [0.2, 0.25) is 5.91 Å². The number of aromatic nitrogens is 2. The molecule has 0 bridgehead atoms. The summed E-state index contributed by atoms with van der Waals surface area (Å²) in [4.78, 5) is 27.0. The van der Waals surface area contributed by atoms with E-state index in [1.807, 2.05) is 17.8 Å². The third-order valence-electron chi connectivity index (χ3n) is 3.79. The number of aryl methyl sites for hydroxylation is 1. The van der Waals surface area contributed by atoms with Crippen LogP contribution in [-0.4, -0.2) is 26.5 Å². The lowest BCUT2D eigenvalue weighted by Crippen LogP contribution is -2.34. The number of carbonyl (C=O) groups excluding carboxylic acids is 1. The van der Waals surface area contributed by atoms with Gasteiger partial charge in [-0.2, -0.15) is 0 Å². The Balaban J connectivity index is 1.79. The number of carbonyl (C=O) groups is 2. The zero-order valence-electron chi connectivity index (χ0n) is 11.0. The van der Waals surface area contributed by atoms with Crippen molar-refractivity contribution in [1.29, 1.82) is 0 Å². The number of hydrogen-bond donors (Lipinski definition) is 2. The van der Waals surface area contributed by atoms with Crippen molar-refractivity contribution in [2.45, 2.75) is 32.2 Å². The van der Waals surface area contributed by atoms with Gasteiger partial charge in [0.25, 0.3) is 0 Å². The first-order valence-corrected chi connectivity index (χ1v) is 6.54. The molecule has 1 aliphatic carbocycles. The molecule has 6 nitrogen and oxygen atoms in total. The molecule has 104 valence electrons. The normalized spacial score (nSPS) is 23.0. The van der Waals surface area contributed by atoms with Gasteiger partial charge >= 0.3 is 5.97 Å². The Kier molecular flexibility index (Phi) is 4.19. The Morgan fingerprint density at radius 3 is 2.53 bits per heavy atom. The molecule has 0 aromatic carbocycles. The summed E-state index contributed by atoms with van der Waals surface area (Å²) < 4.78 is 1.86. The van der Waals surface area contributed by atoms with Gasteiger partial charge in [-0.05, 0) is 25.7 Å². The van der Waals surface area contributed by atoms with Crippen molar-refractivity contribution in [1.82, 2.24) is 14.9 Å². The van der Waals surface area contributed by atoms with Crippen LogP contribution in [0.4, 0.5) is 0 Å². The molecule has 1 saturated carbocycles. The van der Waals surface area contributed by atoms with Gasteiger partial charge in [0.05, 0.1) is 12.5 Å². The van der Waals surface area contributed by atoms with E-state index in [2.05, 4.69) is 10.3 Å². The van der Waals surface area contributed by atoms with Crippen molar-refractivity contribution < 1.29 is 14.7 Å². The molecular formula is C13H19N3O3. The Morgan fingerprint density at radius 1 is 1.37 bits per heavy atom. The van der Waals surface area contributed by atoms with Crippen molar-refractivity contribution in [2.75, 3.05) is 0 Å². The highest BCUT2D eigenvalue weighted by molar-refractivity contribution is 5.79. The maximum absolute atomic E-state index is 12.0. The Morgan fingerprint density at radius 2 is 2.00 bits per heavy atom. The summed E-state index contributed by atoms with van der Waals surface area (Å²) in [5.74, 6) is -0.263. The van der Waals surface area contributed by atoms with Crippen molar-refractivity contribution in [2.24, 2.45) is 18.9 Å². The fourth-order valence-electron chi connectivity index (χ4n) is 2.48. The zero-order chi connectivity index (χ0) is 13.8. The molecule has 0 aliphatic heterocycles. The van der Waals surface area contributed by atoms with Crippen LogP contribution in [0.2, 0.25) is 0 Å². The van der Waals surface area contributed by atoms with Crippen LogP contribution in [0.3, 0.4) is 0 Å². The van der Waals surface area contributed by atoms with Gasteiger partial charge in [-0.3, -0.25) is 9.59 Å². The third kappa shape index (κ3) is 3.33. The monoisotopic (exact) mass is 265 g/mol. The van der Waals surface area contributed by atoms with Gasteiger partial charge in [0, 0.05) is 25.4 Å². The van der Waals surface area contributed by atoms with Crippen molar-refractivity contribution in [3.63, 3.8) is 0 Å². The molecule has 1 aromatic rings. The Hall–Kier alpha value is -1.85. The molecule has 1 amide bonds. The predicted octanol–water partition coefficient (Wildman–Crippen LogP) is 0.927. The number of rotatable bonds is 4. The smallest absolute Gasteiger partial charge is 0.306 e. The van der Waals surface area contributed by atoms with Gasteiger partial charge < -0.3 is 15.0 Å². The van der Waals surface area contributed by atoms with Crippen LogP contribution < -0.4 is 5.32 Å². The fourth-order valence-corrected chi connectivity index (χ4v) is 2.48. The maximum Gasteiger partial charge on any atom is 0.306 e. The van der Waals surface area contributed by atoms with Crippen LogP contribution in [0, 0.1) is 11.8 Å². The van der Waals surface area contributed by atoms with E-state index in [1.165, 1.54) is 0 Å². The molecule has 2 rings (SSSR count). The summed E-state index contributed by atoms with van der Waals surface area (Å²) in [6.45, 7) is 0.418. The van der Waals surface area contributed by atoms with Crippen LogP contribution in [0.1, 0.15) is 31.5 Å². The quantitative estimate of drug-likeness (QED) is 0.848. The molecule has 6 heteroatoms. The second-order valence-corrected chi connectivity index (χ2v) is 5.06. The average Bonchev–Trinajstić information content (AvgIpc) is 2.81. The number of hydrogen-bond acceptors (Lipinski definition) is 3. The molecule has 0 atom stereocenters. The molecule has 0 saturated heterocycles. The van der Waals surface area contributed by atoms with E-state index >= 15 is 0 Å². The van der Waals surface area contributed by atoms with E-state index in [-0.39, 0.29) is 17.7 Å². The third-order valence-corrected chi connectivity index (χ3v) is 3.79. The highest BCUT2D eigenvalue weighted by Crippen LogP contribution is 2.29. The second-order valence-electron chi connectivity index (χ2n) is 5.06. The van der Waals surface area contributed by atoms with Crippen LogP contribution >= 0.6 is 0 Å². The SMILES string of the molecule is Cn1ccnc1CNC(=O)C1CCC(C(=O)O)CC1. The Bertz CT molecular complexity index is 461. The molecule has 0 radical (unpaired) electrons. The standard InChI is InChI=1S/C13H19N3O3/c1-16-7-6-14-11(16)8-15-12(17)9-2-4-10(5-3-9)13(18)19/h6-7,9-10H,2-5,8H2,1H3,(H,15,17)(H,18,19). The van der Waals surface area contributed by atoms with E-state index in [4.69, 9.17) is 5.11 Å². The predicted molar refractivity (Wildman–Crippen MR) is 68.1 cm³/mol. The summed E-state index contributed by atoms with van der Waals surface area (Å²) >= 11 is 0. The molecule has 1 aromatic heterocycles. The number of amides is 1. The van der Waals surface area contributed by atoms with E-state index in [0.717, 1.165) is 5.82 Å². The molecular weight excluding hydrogens is 246 g/mol. The minimum atomic E-state index is -0.744. The summed E-state index contributed by atoms with van der Waals surface area (Å²) in [7, 11) is 1.88. The summed E-state index contributed by atoms with van der Waals surface area (Å²) in [5, 5.41) is 11.8. The summed E-state index contributed by atoms with van der Waals surface area (Å²) in [5.41, 5.74) is 0. The lowest BCUT2D eigenvalue weighted by atomic mass is 9.81. The topological polar surface area (TPSA) is 84.2 Å². The molecule has 0 spiro atoms. The zero-order valence-corrected chi connectivity index (χ0v) is 11.0. The fraction of sp³-hybridized carbons (Fsp3) is 0.615. The molecule has 1 fully saturated rings. The largest absolute Gasteiger partial charge is 0.481 e. The van der Waals surface area contributed by atoms with Crippen LogP contribution in [0.15, 0.2) is 12.4 Å². The van der Waals surface area contributed by atoms with E-state index in [9.17, 15) is 9.59 Å². The first-order valence-electron chi connectivity index (χ1n) is 6.54. The van der Waals surface area contributed by atoms with E-state index in [0.29, 0.717) is 32.2 Å². The van der Waals surface area contributed by atoms with E-state index < -0.39 is 5.97 Å². The second kappa shape index (κ2) is 5.86. The van der Waals surface area contributed by atoms with Gasteiger partial charge in [-0.25, -0.2) is 4.98 Å². The minimum Gasteiger partial charge on any atom is -0.481 e. The number of nitrogens with one attached hydrogen (secondary N) is 1. The number of carboxylic acids is 1. The Labute approximate surface area is 111 Å². The average molecular weight is 265 g/mol.